The maximum atomic E-state index is 14.7. The number of rotatable bonds is 4. The first-order valence-electron chi connectivity index (χ1n) is 10.1. The first-order chi connectivity index (χ1) is 15.2. The number of imide groups is 1. The number of carbonyl (C=O) groups is 3. The Hall–Kier alpha value is -3.20. The number of hydrogen-bond donors (Lipinski definition) is 3. The molecule has 0 spiro atoms. The summed E-state index contributed by atoms with van der Waals surface area (Å²) in [6.45, 7) is 2.61. The van der Waals surface area contributed by atoms with Gasteiger partial charge in [-0.2, -0.15) is 0 Å². The molecule has 0 aromatic heterocycles. The van der Waals surface area contributed by atoms with Crippen LogP contribution in [0.1, 0.15) is 29.9 Å². The zero-order valence-electron chi connectivity index (χ0n) is 17.2. The van der Waals surface area contributed by atoms with E-state index in [-0.39, 0.29) is 24.4 Å². The van der Waals surface area contributed by atoms with Crippen LogP contribution in [0.25, 0.3) is 0 Å². The Labute approximate surface area is 188 Å². The molecule has 168 valence electrons. The Balaban J connectivity index is 1.35. The van der Waals surface area contributed by atoms with Crippen molar-refractivity contribution in [3.63, 3.8) is 0 Å². The Kier molecular flexibility index (Phi) is 6.01. The highest BCUT2D eigenvalue weighted by Crippen LogP contribution is 2.33. The lowest BCUT2D eigenvalue weighted by atomic mass is 9.89. The van der Waals surface area contributed by atoms with Gasteiger partial charge in [-0.05, 0) is 43.2 Å². The van der Waals surface area contributed by atoms with Crippen molar-refractivity contribution < 1.29 is 23.2 Å². The third-order valence-corrected chi connectivity index (χ3v) is 6.07. The fourth-order valence-electron chi connectivity index (χ4n) is 3.86. The molecule has 0 bridgehead atoms. The van der Waals surface area contributed by atoms with Crippen molar-refractivity contribution in [3.8, 4) is 0 Å². The zero-order valence-corrected chi connectivity index (χ0v) is 17.9. The number of carbonyl (C=O) groups excluding carboxylic acids is 3. The molecule has 2 aromatic carbocycles. The Morgan fingerprint density at radius 3 is 2.47 bits per heavy atom. The number of amides is 4. The summed E-state index contributed by atoms with van der Waals surface area (Å²) in [5.41, 5.74) is 1.45. The van der Waals surface area contributed by atoms with Crippen molar-refractivity contribution >= 4 is 40.8 Å². The van der Waals surface area contributed by atoms with E-state index in [0.29, 0.717) is 29.5 Å². The number of hydrogen-bond acceptors (Lipinski definition) is 4. The second-order valence-electron chi connectivity index (χ2n) is 7.99. The monoisotopic (exact) mass is 462 g/mol. The van der Waals surface area contributed by atoms with Crippen LogP contribution >= 0.6 is 11.6 Å². The molecular weight excluding hydrogens is 442 g/mol. The van der Waals surface area contributed by atoms with Crippen LogP contribution in [0.5, 0.6) is 0 Å². The predicted molar refractivity (Wildman–Crippen MR) is 116 cm³/mol. The molecule has 10 heteroatoms. The summed E-state index contributed by atoms with van der Waals surface area (Å²) in [6, 6.07) is 6.93. The van der Waals surface area contributed by atoms with Crippen LogP contribution in [0.3, 0.4) is 0 Å². The number of nitrogens with zero attached hydrogens (tertiary/aromatic N) is 1. The molecule has 3 N–H and O–H groups in total. The number of halogens is 3. The van der Waals surface area contributed by atoms with Gasteiger partial charge in [0.2, 0.25) is 11.8 Å². The predicted octanol–water partition coefficient (Wildman–Crippen LogP) is 3.46. The van der Waals surface area contributed by atoms with Crippen molar-refractivity contribution in [1.29, 1.82) is 0 Å². The van der Waals surface area contributed by atoms with E-state index in [0.717, 1.165) is 5.56 Å². The van der Waals surface area contributed by atoms with Crippen LogP contribution in [0.4, 0.5) is 25.0 Å². The molecule has 0 aliphatic carbocycles. The van der Waals surface area contributed by atoms with Crippen LogP contribution < -0.4 is 20.9 Å². The van der Waals surface area contributed by atoms with Crippen LogP contribution in [0.2, 0.25) is 5.02 Å². The average molecular weight is 463 g/mol. The molecule has 2 aliphatic rings. The maximum absolute atomic E-state index is 14.7. The quantitative estimate of drug-likeness (QED) is 0.607. The van der Waals surface area contributed by atoms with Gasteiger partial charge < -0.3 is 15.5 Å². The highest BCUT2D eigenvalue weighted by Gasteiger charge is 2.34. The van der Waals surface area contributed by atoms with Gasteiger partial charge in [-0.3, -0.25) is 14.9 Å². The van der Waals surface area contributed by atoms with Gasteiger partial charge >= 0.3 is 6.03 Å². The summed E-state index contributed by atoms with van der Waals surface area (Å²) in [7, 11) is 0. The lowest BCUT2D eigenvalue weighted by molar-refractivity contribution is -0.134. The largest absolute Gasteiger partial charge is 0.367 e. The third-order valence-electron chi connectivity index (χ3n) is 5.66. The van der Waals surface area contributed by atoms with E-state index in [1.54, 1.807) is 23.1 Å². The highest BCUT2D eigenvalue weighted by molar-refractivity contribution is 6.31. The molecule has 2 heterocycles. The van der Waals surface area contributed by atoms with Gasteiger partial charge in [-0.1, -0.05) is 17.7 Å². The number of benzene rings is 2. The van der Waals surface area contributed by atoms with Gasteiger partial charge in [0.1, 0.15) is 11.6 Å². The average Bonchev–Trinajstić information content (AvgIpc) is 2.68. The standard InChI is InChI=1S/C22H21ClF2N4O3/c1-11-2-3-12(6-16(11)23)26-22(32)27-13-9-29(10-13)14-7-17(24)20(18(25)8-14)15-4-5-19(30)28-21(15)31/h2-3,6-8,13,15H,4-5,9-10H2,1H3,(H2,26,27,32)(H,28,30,31). The van der Waals surface area contributed by atoms with Crippen molar-refractivity contribution in [2.75, 3.05) is 23.3 Å². The minimum Gasteiger partial charge on any atom is -0.367 e. The molecule has 2 saturated heterocycles. The number of piperidine rings is 1. The van der Waals surface area contributed by atoms with Crippen LogP contribution in [0, 0.1) is 18.6 Å². The normalized spacial score (nSPS) is 18.8. The highest BCUT2D eigenvalue weighted by atomic mass is 35.5. The summed E-state index contributed by atoms with van der Waals surface area (Å²) in [6.07, 6.45) is 0.0994. The molecule has 1 atom stereocenters. The zero-order chi connectivity index (χ0) is 23.0. The van der Waals surface area contributed by atoms with Crippen LogP contribution in [-0.2, 0) is 9.59 Å². The number of urea groups is 1. The Morgan fingerprint density at radius 1 is 1.16 bits per heavy atom. The topological polar surface area (TPSA) is 90.5 Å². The molecule has 1 unspecified atom stereocenters. The molecule has 2 aromatic rings. The fourth-order valence-corrected chi connectivity index (χ4v) is 4.04. The van der Waals surface area contributed by atoms with E-state index in [1.165, 1.54) is 12.1 Å². The lowest BCUT2D eigenvalue weighted by Gasteiger charge is -2.41. The Morgan fingerprint density at radius 2 is 1.84 bits per heavy atom. The van der Waals surface area contributed by atoms with E-state index in [1.807, 2.05) is 6.92 Å². The van der Waals surface area contributed by atoms with E-state index < -0.39 is 35.4 Å². The minimum atomic E-state index is -1.04. The number of anilines is 2. The lowest BCUT2D eigenvalue weighted by Crippen LogP contribution is -2.60. The number of nitrogens with one attached hydrogen (secondary N) is 3. The van der Waals surface area contributed by atoms with Crippen LogP contribution in [-0.4, -0.2) is 37.0 Å². The minimum absolute atomic E-state index is 0.0351. The van der Waals surface area contributed by atoms with Gasteiger partial charge in [-0.15, -0.1) is 0 Å². The second-order valence-corrected chi connectivity index (χ2v) is 8.40. The van der Waals surface area contributed by atoms with Gasteiger partial charge in [0.15, 0.2) is 0 Å². The molecule has 2 fully saturated rings. The fraction of sp³-hybridized carbons (Fsp3) is 0.318. The van der Waals surface area contributed by atoms with Crippen molar-refractivity contribution in [2.45, 2.75) is 31.7 Å². The summed E-state index contributed by atoms with van der Waals surface area (Å²) in [5, 5.41) is 8.15. The van der Waals surface area contributed by atoms with E-state index in [9.17, 15) is 23.2 Å². The SMILES string of the molecule is Cc1ccc(NC(=O)NC2CN(c3cc(F)c(C4CCC(=O)NC4=O)c(F)c3)C2)cc1Cl. The summed E-state index contributed by atoms with van der Waals surface area (Å²) < 4.78 is 29.4. The Bertz CT molecular complexity index is 1080. The molecule has 4 amide bonds. The van der Waals surface area contributed by atoms with Crippen molar-refractivity contribution in [3.05, 3.63) is 58.1 Å². The molecule has 0 radical (unpaired) electrons. The maximum Gasteiger partial charge on any atom is 0.319 e. The molecule has 4 rings (SSSR count). The smallest absolute Gasteiger partial charge is 0.319 e. The van der Waals surface area contributed by atoms with Gasteiger partial charge in [0.05, 0.1) is 12.0 Å². The van der Waals surface area contributed by atoms with Gasteiger partial charge in [0.25, 0.3) is 0 Å². The third kappa shape index (κ3) is 4.52. The summed E-state index contributed by atoms with van der Waals surface area (Å²) >= 11 is 6.05. The van der Waals surface area contributed by atoms with Crippen molar-refractivity contribution in [2.24, 2.45) is 0 Å². The molecule has 2 aliphatic heterocycles. The van der Waals surface area contributed by atoms with E-state index in [4.69, 9.17) is 11.6 Å². The second kappa shape index (κ2) is 8.74. The molecule has 0 saturated carbocycles. The summed E-state index contributed by atoms with van der Waals surface area (Å²) in [4.78, 5) is 37.1. The number of aryl methyl sites for hydroxylation is 1. The van der Waals surface area contributed by atoms with Gasteiger partial charge in [-0.25, -0.2) is 13.6 Å². The van der Waals surface area contributed by atoms with Crippen LogP contribution in [0.15, 0.2) is 30.3 Å². The first-order valence-corrected chi connectivity index (χ1v) is 10.5. The molecule has 32 heavy (non-hydrogen) atoms. The molecular formula is C22H21ClF2N4O3. The van der Waals surface area contributed by atoms with E-state index >= 15 is 0 Å². The van der Waals surface area contributed by atoms with Crippen molar-refractivity contribution in [1.82, 2.24) is 10.6 Å². The first kappa shape index (κ1) is 22.0. The van der Waals surface area contributed by atoms with E-state index in [2.05, 4.69) is 16.0 Å². The van der Waals surface area contributed by atoms with Gasteiger partial charge in [0, 0.05) is 41.5 Å². The summed E-state index contributed by atoms with van der Waals surface area (Å²) in [5.74, 6) is -3.84. The molecule has 7 nitrogen and oxygen atoms in total.